The number of halogens is 1. The third kappa shape index (κ3) is 2.96. The lowest BCUT2D eigenvalue weighted by atomic mass is 10.1. The van der Waals surface area contributed by atoms with E-state index < -0.39 is 0 Å². The highest BCUT2D eigenvalue weighted by molar-refractivity contribution is 9.10. The molecule has 2 aromatic rings. The third-order valence-electron chi connectivity index (χ3n) is 3.02. The van der Waals surface area contributed by atoms with Gasteiger partial charge in [0.25, 0.3) is 0 Å². The molecule has 0 amide bonds. The molecule has 0 spiro atoms. The predicted octanol–water partition coefficient (Wildman–Crippen LogP) is 4.16. The first kappa shape index (κ1) is 14.0. The van der Waals surface area contributed by atoms with Crippen LogP contribution in [0.3, 0.4) is 0 Å². The van der Waals surface area contributed by atoms with Crippen LogP contribution in [-0.4, -0.2) is 12.0 Å². The second kappa shape index (κ2) is 5.72. The summed E-state index contributed by atoms with van der Waals surface area (Å²) in [5.74, 6) is 0. The Hall–Kier alpha value is -1.39. The maximum Gasteiger partial charge on any atom is 0.107 e. The van der Waals surface area contributed by atoms with Crippen LogP contribution in [0.25, 0.3) is 0 Å². The minimum atomic E-state index is 0.390. The van der Waals surface area contributed by atoms with E-state index in [0.717, 1.165) is 21.4 Å². The molecule has 2 N–H and O–H groups in total. The first-order valence-electron chi connectivity index (χ1n) is 5.89. The topological polar surface area (TPSA) is 29.3 Å². The smallest absolute Gasteiger partial charge is 0.107 e. The Kier molecular flexibility index (Phi) is 4.22. The van der Waals surface area contributed by atoms with Crippen LogP contribution in [-0.2, 0) is 0 Å². The fourth-order valence-electron chi connectivity index (χ4n) is 1.94. The highest BCUT2D eigenvalue weighted by Crippen LogP contribution is 2.31. The van der Waals surface area contributed by atoms with Gasteiger partial charge in [-0.1, -0.05) is 36.0 Å². The summed E-state index contributed by atoms with van der Waals surface area (Å²) in [5, 5.41) is 0. The summed E-state index contributed by atoms with van der Waals surface area (Å²) in [6.45, 7) is 2.07. The summed E-state index contributed by atoms with van der Waals surface area (Å²) in [6, 6.07) is 14.3. The fraction of sp³-hybridized carbons (Fsp3) is 0.133. The van der Waals surface area contributed by atoms with E-state index in [1.807, 2.05) is 25.2 Å². The molecule has 2 nitrogen and oxygen atoms in total. The summed E-state index contributed by atoms with van der Waals surface area (Å²) in [4.78, 5) is 2.47. The number of nitrogens with zero attached hydrogens (tertiary/aromatic N) is 1. The molecule has 0 heterocycles. The zero-order valence-electron chi connectivity index (χ0n) is 10.9. The van der Waals surface area contributed by atoms with Crippen molar-refractivity contribution < 1.29 is 0 Å². The fourth-order valence-corrected chi connectivity index (χ4v) is 2.86. The first-order valence-corrected chi connectivity index (χ1v) is 7.09. The molecular weight excluding hydrogens is 320 g/mol. The molecule has 0 fully saturated rings. The van der Waals surface area contributed by atoms with Crippen LogP contribution in [0.2, 0.25) is 0 Å². The summed E-state index contributed by atoms with van der Waals surface area (Å²) in [6.07, 6.45) is 0. The van der Waals surface area contributed by atoms with Gasteiger partial charge in [0, 0.05) is 22.8 Å². The molecule has 0 unspecified atom stereocenters. The summed E-state index contributed by atoms with van der Waals surface area (Å²) in [7, 11) is 2.01. The molecule has 0 aliphatic carbocycles. The van der Waals surface area contributed by atoms with E-state index in [9.17, 15) is 0 Å². The Labute approximate surface area is 127 Å². The van der Waals surface area contributed by atoms with Crippen molar-refractivity contribution in [2.45, 2.75) is 6.92 Å². The number of nitrogens with two attached hydrogens (primary N) is 1. The van der Waals surface area contributed by atoms with Crippen molar-refractivity contribution in [1.29, 1.82) is 0 Å². The van der Waals surface area contributed by atoms with E-state index in [0.29, 0.717) is 4.99 Å². The molecule has 0 saturated carbocycles. The van der Waals surface area contributed by atoms with Crippen LogP contribution in [0, 0.1) is 6.92 Å². The Bertz CT molecular complexity index is 608. The molecule has 98 valence electrons. The van der Waals surface area contributed by atoms with Gasteiger partial charge in [0.2, 0.25) is 0 Å². The average Bonchev–Trinajstić information content (AvgIpc) is 2.38. The summed E-state index contributed by atoms with van der Waals surface area (Å²) >= 11 is 8.65. The molecule has 0 aliphatic heterocycles. The van der Waals surface area contributed by atoms with Gasteiger partial charge < -0.3 is 10.6 Å². The molecular formula is C15H15BrN2S. The molecule has 0 atom stereocenters. The van der Waals surface area contributed by atoms with Crippen molar-refractivity contribution >= 4 is 44.5 Å². The van der Waals surface area contributed by atoms with E-state index in [4.69, 9.17) is 18.0 Å². The van der Waals surface area contributed by atoms with E-state index in [1.54, 1.807) is 0 Å². The molecule has 19 heavy (non-hydrogen) atoms. The number of benzene rings is 2. The number of thiocarbonyl (C=S) groups is 1. The molecule has 2 aromatic carbocycles. The number of hydrogen-bond donors (Lipinski definition) is 1. The quantitative estimate of drug-likeness (QED) is 0.854. The molecule has 0 aromatic heterocycles. The SMILES string of the molecule is Cc1ccc(N(C)c2cccc(Br)c2C(N)=S)cc1. The lowest BCUT2D eigenvalue weighted by Crippen LogP contribution is -2.18. The third-order valence-corrected chi connectivity index (χ3v) is 3.89. The van der Waals surface area contributed by atoms with E-state index >= 15 is 0 Å². The van der Waals surface area contributed by atoms with Gasteiger partial charge >= 0.3 is 0 Å². The molecule has 0 radical (unpaired) electrons. The summed E-state index contributed by atoms with van der Waals surface area (Å²) < 4.78 is 0.913. The van der Waals surface area contributed by atoms with E-state index in [1.165, 1.54) is 5.56 Å². The Morgan fingerprint density at radius 1 is 1.16 bits per heavy atom. The van der Waals surface area contributed by atoms with Crippen LogP contribution in [0.1, 0.15) is 11.1 Å². The van der Waals surface area contributed by atoms with Crippen molar-refractivity contribution in [3.05, 3.63) is 58.1 Å². The van der Waals surface area contributed by atoms with Crippen LogP contribution in [0.5, 0.6) is 0 Å². The normalized spacial score (nSPS) is 10.3. The molecule has 2 rings (SSSR count). The first-order chi connectivity index (χ1) is 9.00. The number of rotatable bonds is 3. The average molecular weight is 335 g/mol. The van der Waals surface area contributed by atoms with E-state index in [-0.39, 0.29) is 0 Å². The van der Waals surface area contributed by atoms with Gasteiger partial charge in [0.15, 0.2) is 0 Å². The van der Waals surface area contributed by atoms with Gasteiger partial charge in [0.1, 0.15) is 4.99 Å². The Morgan fingerprint density at radius 2 is 1.79 bits per heavy atom. The lowest BCUT2D eigenvalue weighted by molar-refractivity contribution is 1.20. The van der Waals surface area contributed by atoms with Crippen LogP contribution >= 0.6 is 28.1 Å². The van der Waals surface area contributed by atoms with Gasteiger partial charge in [-0.2, -0.15) is 0 Å². The van der Waals surface area contributed by atoms with Gasteiger partial charge in [-0.05, 0) is 47.1 Å². The molecule has 0 saturated heterocycles. The molecule has 0 bridgehead atoms. The van der Waals surface area contributed by atoms with Gasteiger partial charge in [-0.25, -0.2) is 0 Å². The van der Waals surface area contributed by atoms with Crippen LogP contribution in [0.15, 0.2) is 46.9 Å². The van der Waals surface area contributed by atoms with Gasteiger partial charge in [0.05, 0.1) is 5.69 Å². The minimum Gasteiger partial charge on any atom is -0.389 e. The van der Waals surface area contributed by atoms with Crippen molar-refractivity contribution in [1.82, 2.24) is 0 Å². The van der Waals surface area contributed by atoms with Crippen LogP contribution < -0.4 is 10.6 Å². The maximum absolute atomic E-state index is 5.83. The highest BCUT2D eigenvalue weighted by atomic mass is 79.9. The monoisotopic (exact) mass is 334 g/mol. The van der Waals surface area contributed by atoms with Crippen molar-refractivity contribution in [2.75, 3.05) is 11.9 Å². The number of aryl methyl sites for hydroxylation is 1. The minimum absolute atomic E-state index is 0.390. The largest absolute Gasteiger partial charge is 0.389 e. The zero-order valence-corrected chi connectivity index (χ0v) is 13.3. The Morgan fingerprint density at radius 3 is 2.37 bits per heavy atom. The van der Waals surface area contributed by atoms with Crippen molar-refractivity contribution in [3.63, 3.8) is 0 Å². The van der Waals surface area contributed by atoms with Gasteiger partial charge in [-0.3, -0.25) is 0 Å². The molecule has 4 heteroatoms. The summed E-state index contributed by atoms with van der Waals surface area (Å²) in [5.41, 5.74) is 10.0. The van der Waals surface area contributed by atoms with Crippen molar-refractivity contribution in [3.8, 4) is 0 Å². The second-order valence-electron chi connectivity index (χ2n) is 4.39. The second-order valence-corrected chi connectivity index (χ2v) is 5.69. The lowest BCUT2D eigenvalue weighted by Gasteiger charge is -2.23. The highest BCUT2D eigenvalue weighted by Gasteiger charge is 2.13. The van der Waals surface area contributed by atoms with Gasteiger partial charge in [-0.15, -0.1) is 0 Å². The zero-order chi connectivity index (χ0) is 14.0. The van der Waals surface area contributed by atoms with Crippen LogP contribution in [0.4, 0.5) is 11.4 Å². The van der Waals surface area contributed by atoms with E-state index in [2.05, 4.69) is 52.0 Å². The molecule has 0 aliphatic rings. The van der Waals surface area contributed by atoms with Crippen molar-refractivity contribution in [2.24, 2.45) is 5.73 Å². The number of hydrogen-bond acceptors (Lipinski definition) is 2. The number of anilines is 2. The standard InChI is InChI=1S/C15H15BrN2S/c1-10-6-8-11(9-7-10)18(2)13-5-3-4-12(16)14(13)15(17)19/h3-9H,1-2H3,(H2,17,19). The maximum atomic E-state index is 5.83. The Balaban J connectivity index is 2.49. The predicted molar refractivity (Wildman–Crippen MR) is 89.3 cm³/mol.